The third kappa shape index (κ3) is 4.12. The van der Waals surface area contributed by atoms with Gasteiger partial charge in [-0.3, -0.25) is 4.79 Å². The highest BCUT2D eigenvalue weighted by molar-refractivity contribution is 7.10. The van der Waals surface area contributed by atoms with E-state index in [1.54, 1.807) is 0 Å². The maximum Gasteiger partial charge on any atom is 0.251 e. The molecule has 1 amide bonds. The molecule has 2 rings (SSSR count). The smallest absolute Gasteiger partial charge is 0.251 e. The van der Waals surface area contributed by atoms with E-state index in [1.807, 2.05) is 11.4 Å². The molecule has 0 spiro atoms. The normalized spacial score (nSPS) is 9.86. The number of nitrogens with one attached hydrogen (secondary N) is 1. The van der Waals surface area contributed by atoms with Gasteiger partial charge in [0.1, 0.15) is 0 Å². The van der Waals surface area contributed by atoms with Crippen molar-refractivity contribution in [3.05, 3.63) is 57.3 Å². The van der Waals surface area contributed by atoms with Crippen LogP contribution in [0.3, 0.4) is 0 Å². The predicted molar refractivity (Wildman–Crippen MR) is 77.8 cm³/mol. The first-order valence-electron chi connectivity index (χ1n) is 6.09. The molecule has 3 N–H and O–H groups in total. The van der Waals surface area contributed by atoms with Crippen molar-refractivity contribution < 1.29 is 13.6 Å². The summed E-state index contributed by atoms with van der Waals surface area (Å²) in [7, 11) is 0. The van der Waals surface area contributed by atoms with Crippen molar-refractivity contribution in [3.63, 3.8) is 0 Å². The minimum Gasteiger partial charge on any atom is -0.347 e. The molecule has 1 aromatic carbocycles. The second-order valence-electron chi connectivity index (χ2n) is 4.12. The largest absolute Gasteiger partial charge is 0.347 e. The number of benzene rings is 1. The first kappa shape index (κ1) is 15.2. The predicted octanol–water partition coefficient (Wildman–Crippen LogP) is 2.27. The van der Waals surface area contributed by atoms with Gasteiger partial charge in [0.2, 0.25) is 0 Å². The molecule has 1 aromatic heterocycles. The monoisotopic (exact) mass is 306 g/mol. The Morgan fingerprint density at radius 1 is 1.29 bits per heavy atom. The van der Waals surface area contributed by atoms with E-state index in [4.69, 9.17) is 5.73 Å². The van der Waals surface area contributed by atoms with Gasteiger partial charge in [0.15, 0.2) is 11.6 Å². The molecule has 0 unspecified atom stereocenters. The van der Waals surface area contributed by atoms with Crippen molar-refractivity contribution in [3.8, 4) is 11.8 Å². The van der Waals surface area contributed by atoms with Crippen molar-refractivity contribution in [2.75, 3.05) is 6.54 Å². The lowest BCUT2D eigenvalue weighted by molar-refractivity contribution is 0.0950. The van der Waals surface area contributed by atoms with Crippen LogP contribution in [-0.2, 0) is 6.54 Å². The Morgan fingerprint density at radius 3 is 2.81 bits per heavy atom. The first-order valence-corrected chi connectivity index (χ1v) is 6.97. The number of amides is 1. The van der Waals surface area contributed by atoms with Crippen LogP contribution >= 0.6 is 11.3 Å². The van der Waals surface area contributed by atoms with Gasteiger partial charge in [-0.2, -0.15) is 0 Å². The van der Waals surface area contributed by atoms with E-state index in [9.17, 15) is 13.6 Å². The Hall–Kier alpha value is -2.23. The van der Waals surface area contributed by atoms with E-state index in [-0.39, 0.29) is 12.1 Å². The van der Waals surface area contributed by atoms with Crippen LogP contribution in [0.15, 0.2) is 29.6 Å². The van der Waals surface area contributed by atoms with Gasteiger partial charge in [-0.1, -0.05) is 11.8 Å². The van der Waals surface area contributed by atoms with Crippen LogP contribution in [0, 0.1) is 23.5 Å². The fourth-order valence-corrected chi connectivity index (χ4v) is 2.35. The Balaban J connectivity index is 1.97. The molecule has 21 heavy (non-hydrogen) atoms. The van der Waals surface area contributed by atoms with Gasteiger partial charge in [-0.05, 0) is 24.3 Å². The molecule has 3 nitrogen and oxygen atoms in total. The molecular formula is C15H12F2N2OS. The summed E-state index contributed by atoms with van der Waals surface area (Å²) in [6.07, 6.45) is 0. The molecule has 108 valence electrons. The Bertz CT molecular complexity index is 716. The Labute approximate surface area is 124 Å². The highest BCUT2D eigenvalue weighted by Crippen LogP contribution is 2.14. The zero-order valence-corrected chi connectivity index (χ0v) is 11.8. The molecule has 0 saturated carbocycles. The zero-order chi connectivity index (χ0) is 15.2. The average molecular weight is 306 g/mol. The van der Waals surface area contributed by atoms with E-state index >= 15 is 0 Å². The molecule has 0 aliphatic heterocycles. The van der Waals surface area contributed by atoms with Gasteiger partial charge in [0, 0.05) is 21.4 Å². The third-order valence-corrected chi connectivity index (χ3v) is 3.53. The third-order valence-electron chi connectivity index (χ3n) is 2.59. The number of halogens is 2. The molecule has 0 fully saturated rings. The average Bonchev–Trinajstić information content (AvgIpc) is 2.93. The molecule has 2 aromatic rings. The molecule has 1 heterocycles. The Kier molecular flexibility index (Phi) is 5.04. The second kappa shape index (κ2) is 6.97. The first-order chi connectivity index (χ1) is 10.1. The number of thiophene rings is 1. The zero-order valence-electron chi connectivity index (χ0n) is 11.0. The summed E-state index contributed by atoms with van der Waals surface area (Å²) in [5.41, 5.74) is 6.20. The van der Waals surface area contributed by atoms with Crippen molar-refractivity contribution in [1.29, 1.82) is 0 Å². The summed E-state index contributed by atoms with van der Waals surface area (Å²) < 4.78 is 25.8. The SMILES string of the molecule is NCC#Cc1csc(CNC(=O)c2ccc(F)c(F)c2)c1. The standard InChI is InChI=1S/C15H12F2N2OS/c16-13-4-3-11(7-14(13)17)15(20)19-8-12-6-10(9-21-12)2-1-5-18/h3-4,6-7,9H,5,8,18H2,(H,19,20). The van der Waals surface area contributed by atoms with Gasteiger partial charge in [-0.25, -0.2) is 8.78 Å². The molecule has 0 bridgehead atoms. The molecule has 0 saturated heterocycles. The minimum atomic E-state index is -1.04. The van der Waals surface area contributed by atoms with Crippen LogP contribution in [-0.4, -0.2) is 12.5 Å². The summed E-state index contributed by atoms with van der Waals surface area (Å²) >= 11 is 1.45. The lowest BCUT2D eigenvalue weighted by Gasteiger charge is -2.04. The minimum absolute atomic E-state index is 0.0774. The molecule has 0 atom stereocenters. The van der Waals surface area contributed by atoms with Gasteiger partial charge < -0.3 is 11.1 Å². The molecule has 0 aliphatic carbocycles. The van der Waals surface area contributed by atoms with E-state index in [1.165, 1.54) is 17.4 Å². The van der Waals surface area contributed by atoms with Crippen molar-refractivity contribution in [2.45, 2.75) is 6.54 Å². The number of carbonyl (C=O) groups is 1. The van der Waals surface area contributed by atoms with Crippen molar-refractivity contribution in [2.24, 2.45) is 5.73 Å². The van der Waals surface area contributed by atoms with Crippen LogP contribution in [0.5, 0.6) is 0 Å². The lowest BCUT2D eigenvalue weighted by Crippen LogP contribution is -2.22. The summed E-state index contributed by atoms with van der Waals surface area (Å²) in [6.45, 7) is 0.588. The topological polar surface area (TPSA) is 55.1 Å². The van der Waals surface area contributed by atoms with E-state index in [2.05, 4.69) is 17.2 Å². The summed E-state index contributed by atoms with van der Waals surface area (Å²) in [5.74, 6) is 3.15. The highest BCUT2D eigenvalue weighted by atomic mass is 32.1. The molecule has 6 heteroatoms. The van der Waals surface area contributed by atoms with Crippen LogP contribution in [0.4, 0.5) is 8.78 Å². The summed E-state index contributed by atoms with van der Waals surface area (Å²) in [4.78, 5) is 12.7. The van der Waals surface area contributed by atoms with Gasteiger partial charge in [-0.15, -0.1) is 11.3 Å². The Morgan fingerprint density at radius 2 is 2.10 bits per heavy atom. The molecular weight excluding hydrogens is 294 g/mol. The lowest BCUT2D eigenvalue weighted by atomic mass is 10.2. The number of hydrogen-bond donors (Lipinski definition) is 2. The molecule has 0 radical (unpaired) electrons. The van der Waals surface area contributed by atoms with Crippen molar-refractivity contribution in [1.82, 2.24) is 5.32 Å². The van der Waals surface area contributed by atoms with Gasteiger partial charge in [0.05, 0.1) is 13.1 Å². The maximum atomic E-state index is 13.0. The van der Waals surface area contributed by atoms with E-state index in [0.717, 1.165) is 22.6 Å². The van der Waals surface area contributed by atoms with Crippen molar-refractivity contribution >= 4 is 17.2 Å². The van der Waals surface area contributed by atoms with Crippen LogP contribution in [0.2, 0.25) is 0 Å². The van der Waals surface area contributed by atoms with Crippen LogP contribution < -0.4 is 11.1 Å². The van der Waals surface area contributed by atoms with Crippen LogP contribution in [0.1, 0.15) is 20.8 Å². The van der Waals surface area contributed by atoms with E-state index in [0.29, 0.717) is 6.54 Å². The fraction of sp³-hybridized carbons (Fsp3) is 0.133. The van der Waals surface area contributed by atoms with Gasteiger partial charge in [0.25, 0.3) is 5.91 Å². The summed E-state index contributed by atoms with van der Waals surface area (Å²) in [6, 6.07) is 4.88. The second-order valence-corrected chi connectivity index (χ2v) is 5.11. The highest BCUT2D eigenvalue weighted by Gasteiger charge is 2.09. The quantitative estimate of drug-likeness (QED) is 0.855. The van der Waals surface area contributed by atoms with E-state index < -0.39 is 17.5 Å². The summed E-state index contributed by atoms with van der Waals surface area (Å²) in [5, 5.41) is 4.50. The number of carbonyl (C=O) groups excluding carboxylic acids is 1. The van der Waals surface area contributed by atoms with Crippen LogP contribution in [0.25, 0.3) is 0 Å². The number of rotatable bonds is 3. The molecule has 0 aliphatic rings. The number of hydrogen-bond acceptors (Lipinski definition) is 3. The fourth-order valence-electron chi connectivity index (χ4n) is 1.60. The van der Waals surface area contributed by atoms with Gasteiger partial charge >= 0.3 is 0 Å². The maximum absolute atomic E-state index is 13.0. The number of nitrogens with two attached hydrogens (primary N) is 1.